The maximum absolute atomic E-state index is 13.6. The predicted octanol–water partition coefficient (Wildman–Crippen LogP) is 4.90. The summed E-state index contributed by atoms with van der Waals surface area (Å²) in [6.07, 6.45) is 10.7. The molecule has 7 rings (SSSR count). The topological polar surface area (TPSA) is 104 Å². The van der Waals surface area contributed by atoms with Gasteiger partial charge < -0.3 is 9.55 Å². The van der Waals surface area contributed by atoms with Crippen molar-refractivity contribution in [3.8, 4) is 28.2 Å². The lowest BCUT2D eigenvalue weighted by atomic mass is 10.1. The zero-order valence-corrected chi connectivity index (χ0v) is 20.5. The fourth-order valence-electron chi connectivity index (χ4n) is 5.12. The van der Waals surface area contributed by atoms with E-state index in [1.54, 1.807) is 36.0 Å². The quantitative estimate of drug-likeness (QED) is 0.341. The van der Waals surface area contributed by atoms with Crippen molar-refractivity contribution >= 4 is 22.1 Å². The lowest BCUT2D eigenvalue weighted by Gasteiger charge is -2.15. The molecule has 9 nitrogen and oxygen atoms in total. The number of rotatable bonds is 5. The summed E-state index contributed by atoms with van der Waals surface area (Å²) in [5.41, 5.74) is 7.45. The minimum absolute atomic E-state index is 0.100. The zero-order valence-electron chi connectivity index (χ0n) is 20.5. The summed E-state index contributed by atoms with van der Waals surface area (Å²) < 4.78 is 29.2. The van der Waals surface area contributed by atoms with Gasteiger partial charge in [-0.1, -0.05) is 0 Å². The number of halogens is 2. The van der Waals surface area contributed by atoms with Crippen LogP contribution in [-0.2, 0) is 6.54 Å². The van der Waals surface area contributed by atoms with Gasteiger partial charge in [-0.25, -0.2) is 23.7 Å². The Labute approximate surface area is 215 Å². The van der Waals surface area contributed by atoms with Crippen LogP contribution in [0, 0.1) is 6.92 Å². The Kier molecular flexibility index (Phi) is 5.08. The minimum atomic E-state index is -2.62. The van der Waals surface area contributed by atoms with Gasteiger partial charge in [0, 0.05) is 72.4 Å². The summed E-state index contributed by atoms with van der Waals surface area (Å²) in [6.45, 7) is 2.55. The first-order valence-electron chi connectivity index (χ1n) is 12.3. The second kappa shape index (κ2) is 8.52. The Hall–Kier alpha value is -4.51. The molecule has 1 fully saturated rings. The highest BCUT2D eigenvalue weighted by molar-refractivity contribution is 5.97. The van der Waals surface area contributed by atoms with Crippen molar-refractivity contribution in [1.82, 2.24) is 44.6 Å². The first kappa shape index (κ1) is 22.7. The largest absolute Gasteiger partial charge is 0.338 e. The number of aromatic amines is 2. The molecule has 11 heteroatoms. The monoisotopic (exact) mass is 511 g/mol. The number of imidazole rings is 1. The van der Waals surface area contributed by atoms with E-state index in [-0.39, 0.29) is 13.0 Å². The number of aromatic nitrogens is 8. The van der Waals surface area contributed by atoms with Gasteiger partial charge in [0.25, 0.3) is 5.92 Å². The highest BCUT2D eigenvalue weighted by Crippen LogP contribution is 2.33. The van der Waals surface area contributed by atoms with E-state index in [0.29, 0.717) is 18.7 Å². The molecular formula is C27H23F2N9. The van der Waals surface area contributed by atoms with E-state index in [4.69, 9.17) is 0 Å². The van der Waals surface area contributed by atoms with E-state index in [1.165, 1.54) is 0 Å². The number of alkyl halides is 2. The number of H-pyrrole nitrogens is 2. The SMILES string of the molecule is Cc1cn(-c2ccnc3[nH]c(-c4n[nH]c5ncc(-c6cncc(CN7CCC(F)(F)C7)c6)cc45)cc23)cn1. The number of hydrogen-bond donors (Lipinski definition) is 2. The summed E-state index contributed by atoms with van der Waals surface area (Å²) in [6, 6.07) is 7.99. The van der Waals surface area contributed by atoms with Gasteiger partial charge in [-0.05, 0) is 36.8 Å². The average molecular weight is 512 g/mol. The summed E-state index contributed by atoms with van der Waals surface area (Å²) >= 11 is 0. The van der Waals surface area contributed by atoms with Crippen LogP contribution in [0.2, 0.25) is 0 Å². The molecule has 6 aromatic heterocycles. The van der Waals surface area contributed by atoms with Crippen molar-refractivity contribution in [3.05, 3.63) is 72.8 Å². The first-order chi connectivity index (χ1) is 18.4. The number of nitrogens with one attached hydrogen (secondary N) is 2. The van der Waals surface area contributed by atoms with E-state index in [0.717, 1.165) is 55.9 Å². The Balaban J connectivity index is 1.24. The van der Waals surface area contributed by atoms with Crippen LogP contribution in [-0.4, -0.2) is 63.6 Å². The number of fused-ring (bicyclic) bond motifs is 2. The molecule has 2 N–H and O–H groups in total. The van der Waals surface area contributed by atoms with Crippen molar-refractivity contribution in [2.24, 2.45) is 0 Å². The number of likely N-dealkylation sites (tertiary alicyclic amines) is 1. The number of nitrogens with zero attached hydrogens (tertiary/aromatic N) is 7. The van der Waals surface area contributed by atoms with Gasteiger partial charge in [0.15, 0.2) is 5.65 Å². The molecule has 7 heterocycles. The second-order valence-electron chi connectivity index (χ2n) is 9.79. The summed E-state index contributed by atoms with van der Waals surface area (Å²) in [7, 11) is 0. The standard InChI is InChI=1S/C27H23F2N9/c1-16-12-38(15-33-16)23-2-4-31-25-20(23)8-22(34-25)24-21-7-19(11-32-26(21)36-35-24)18-6-17(9-30-10-18)13-37-5-3-27(28,29)14-37/h2,4,6-12,15H,3,5,13-14H2,1H3,(H,31,34)(H,32,35,36). The molecule has 6 aromatic rings. The zero-order chi connectivity index (χ0) is 25.9. The molecule has 0 spiro atoms. The number of hydrogen-bond acceptors (Lipinski definition) is 6. The third-order valence-corrected chi connectivity index (χ3v) is 6.95. The molecule has 38 heavy (non-hydrogen) atoms. The minimum Gasteiger partial charge on any atom is -0.338 e. The van der Waals surface area contributed by atoms with Crippen molar-refractivity contribution in [2.75, 3.05) is 13.1 Å². The van der Waals surface area contributed by atoms with Crippen LogP contribution in [0.3, 0.4) is 0 Å². The molecule has 0 atom stereocenters. The fourth-order valence-corrected chi connectivity index (χ4v) is 5.12. The molecular weight excluding hydrogens is 488 g/mol. The van der Waals surface area contributed by atoms with Gasteiger partial charge in [0.1, 0.15) is 11.3 Å². The van der Waals surface area contributed by atoms with Crippen LogP contribution in [0.15, 0.2) is 61.6 Å². The molecule has 0 saturated carbocycles. The van der Waals surface area contributed by atoms with E-state index >= 15 is 0 Å². The lowest BCUT2D eigenvalue weighted by molar-refractivity contribution is 0.0115. The summed E-state index contributed by atoms with van der Waals surface area (Å²) in [5.74, 6) is -2.62. The van der Waals surface area contributed by atoms with Crippen LogP contribution in [0.25, 0.3) is 50.3 Å². The van der Waals surface area contributed by atoms with Crippen LogP contribution in [0.4, 0.5) is 8.78 Å². The maximum Gasteiger partial charge on any atom is 0.261 e. The Morgan fingerprint density at radius 2 is 1.89 bits per heavy atom. The van der Waals surface area contributed by atoms with E-state index < -0.39 is 5.92 Å². The van der Waals surface area contributed by atoms with Gasteiger partial charge >= 0.3 is 0 Å². The van der Waals surface area contributed by atoms with E-state index in [2.05, 4.69) is 35.1 Å². The molecule has 0 amide bonds. The van der Waals surface area contributed by atoms with Gasteiger partial charge in [0.05, 0.1) is 29.9 Å². The molecule has 1 aliphatic heterocycles. The third kappa shape index (κ3) is 4.01. The van der Waals surface area contributed by atoms with E-state index in [9.17, 15) is 8.78 Å². The van der Waals surface area contributed by atoms with Crippen molar-refractivity contribution in [2.45, 2.75) is 25.8 Å². The Bertz CT molecular complexity index is 1800. The Morgan fingerprint density at radius 1 is 1.00 bits per heavy atom. The van der Waals surface area contributed by atoms with Crippen molar-refractivity contribution in [1.29, 1.82) is 0 Å². The average Bonchev–Trinajstić information content (AvgIpc) is 3.69. The summed E-state index contributed by atoms with van der Waals surface area (Å²) in [4.78, 5) is 23.0. The van der Waals surface area contributed by atoms with Gasteiger partial charge in [-0.3, -0.25) is 15.0 Å². The molecule has 0 aliphatic carbocycles. The van der Waals surface area contributed by atoms with Gasteiger partial charge in [0.2, 0.25) is 0 Å². The highest BCUT2D eigenvalue weighted by Gasteiger charge is 2.37. The van der Waals surface area contributed by atoms with Crippen LogP contribution < -0.4 is 0 Å². The summed E-state index contributed by atoms with van der Waals surface area (Å²) in [5, 5.41) is 9.35. The molecule has 1 aliphatic rings. The normalized spacial score (nSPS) is 15.7. The molecule has 1 saturated heterocycles. The predicted molar refractivity (Wildman–Crippen MR) is 139 cm³/mol. The molecule has 0 bridgehead atoms. The molecule has 0 radical (unpaired) electrons. The van der Waals surface area contributed by atoms with Crippen LogP contribution in [0.5, 0.6) is 0 Å². The van der Waals surface area contributed by atoms with Gasteiger partial charge in [-0.2, -0.15) is 5.10 Å². The molecule has 0 aromatic carbocycles. The third-order valence-electron chi connectivity index (χ3n) is 6.95. The molecule has 190 valence electrons. The molecule has 0 unspecified atom stereocenters. The van der Waals surface area contributed by atoms with Crippen molar-refractivity contribution < 1.29 is 8.78 Å². The van der Waals surface area contributed by atoms with Crippen LogP contribution in [0.1, 0.15) is 17.7 Å². The number of pyridine rings is 3. The first-order valence-corrected chi connectivity index (χ1v) is 12.3. The lowest BCUT2D eigenvalue weighted by Crippen LogP contribution is -2.24. The van der Waals surface area contributed by atoms with Crippen molar-refractivity contribution in [3.63, 3.8) is 0 Å². The smallest absolute Gasteiger partial charge is 0.261 e. The second-order valence-corrected chi connectivity index (χ2v) is 9.79. The fraction of sp³-hybridized carbons (Fsp3) is 0.222. The van der Waals surface area contributed by atoms with E-state index in [1.807, 2.05) is 42.0 Å². The van der Waals surface area contributed by atoms with Crippen LogP contribution >= 0.6 is 0 Å². The maximum atomic E-state index is 13.6. The number of aryl methyl sites for hydroxylation is 1. The van der Waals surface area contributed by atoms with Gasteiger partial charge in [-0.15, -0.1) is 0 Å². The highest BCUT2D eigenvalue weighted by atomic mass is 19.3. The Morgan fingerprint density at radius 3 is 2.71 bits per heavy atom.